The van der Waals surface area contributed by atoms with Crippen molar-refractivity contribution in [2.45, 2.75) is 34.0 Å². The molecule has 1 aromatic carbocycles. The van der Waals surface area contributed by atoms with E-state index in [-0.39, 0.29) is 6.61 Å². The molecule has 0 amide bonds. The molecule has 3 nitrogen and oxygen atoms in total. The SMILES string of the molecule is C#CCOc1c(C)c(COC)c(C)c(COC)c1C. The van der Waals surface area contributed by atoms with Crippen LogP contribution in [0.2, 0.25) is 0 Å². The van der Waals surface area contributed by atoms with Gasteiger partial charge in [-0.25, -0.2) is 0 Å². The zero-order valence-electron chi connectivity index (χ0n) is 12.4. The van der Waals surface area contributed by atoms with Gasteiger partial charge in [-0.1, -0.05) is 5.92 Å². The molecule has 0 aliphatic heterocycles. The van der Waals surface area contributed by atoms with Crippen LogP contribution in [0.1, 0.15) is 27.8 Å². The highest BCUT2D eigenvalue weighted by Crippen LogP contribution is 2.33. The summed E-state index contributed by atoms with van der Waals surface area (Å²) >= 11 is 0. The van der Waals surface area contributed by atoms with Gasteiger partial charge in [-0.3, -0.25) is 0 Å². The molecule has 0 spiro atoms. The van der Waals surface area contributed by atoms with Gasteiger partial charge in [0.2, 0.25) is 0 Å². The lowest BCUT2D eigenvalue weighted by molar-refractivity contribution is 0.177. The predicted molar refractivity (Wildman–Crippen MR) is 76.4 cm³/mol. The largest absolute Gasteiger partial charge is 0.480 e. The van der Waals surface area contributed by atoms with Crippen molar-refractivity contribution in [3.63, 3.8) is 0 Å². The molecule has 19 heavy (non-hydrogen) atoms. The summed E-state index contributed by atoms with van der Waals surface area (Å²) in [5, 5.41) is 0. The second-order valence-electron chi connectivity index (χ2n) is 4.52. The Hall–Kier alpha value is -1.50. The van der Waals surface area contributed by atoms with Gasteiger partial charge in [0.1, 0.15) is 12.4 Å². The average Bonchev–Trinajstić information content (AvgIpc) is 2.40. The number of hydrogen-bond acceptors (Lipinski definition) is 3. The van der Waals surface area contributed by atoms with Gasteiger partial charge in [0, 0.05) is 14.2 Å². The molecule has 0 bridgehead atoms. The number of methoxy groups -OCH3 is 2. The van der Waals surface area contributed by atoms with E-state index in [1.165, 1.54) is 5.56 Å². The minimum Gasteiger partial charge on any atom is -0.480 e. The Bertz CT molecular complexity index is 451. The number of rotatable bonds is 6. The van der Waals surface area contributed by atoms with Gasteiger partial charge in [0.15, 0.2) is 0 Å². The summed E-state index contributed by atoms with van der Waals surface area (Å²) in [5.74, 6) is 3.35. The molecule has 0 atom stereocenters. The van der Waals surface area contributed by atoms with E-state index >= 15 is 0 Å². The maximum absolute atomic E-state index is 5.70. The van der Waals surface area contributed by atoms with Crippen molar-refractivity contribution in [1.82, 2.24) is 0 Å². The monoisotopic (exact) mass is 262 g/mol. The van der Waals surface area contributed by atoms with Crippen molar-refractivity contribution < 1.29 is 14.2 Å². The normalized spacial score (nSPS) is 10.3. The summed E-state index contributed by atoms with van der Waals surface area (Å²) in [4.78, 5) is 0. The second kappa shape index (κ2) is 7.18. The van der Waals surface area contributed by atoms with E-state index in [4.69, 9.17) is 20.6 Å². The van der Waals surface area contributed by atoms with Crippen molar-refractivity contribution in [3.05, 3.63) is 27.8 Å². The van der Waals surface area contributed by atoms with E-state index < -0.39 is 0 Å². The molecule has 0 aliphatic carbocycles. The van der Waals surface area contributed by atoms with Crippen LogP contribution in [-0.2, 0) is 22.7 Å². The first-order valence-electron chi connectivity index (χ1n) is 6.24. The maximum Gasteiger partial charge on any atom is 0.148 e. The first kappa shape index (κ1) is 15.6. The molecule has 0 unspecified atom stereocenters. The van der Waals surface area contributed by atoms with Gasteiger partial charge in [-0.2, -0.15) is 0 Å². The first-order chi connectivity index (χ1) is 9.08. The third kappa shape index (κ3) is 3.28. The molecule has 104 valence electrons. The molecular formula is C16H22O3. The third-order valence-corrected chi connectivity index (χ3v) is 3.37. The topological polar surface area (TPSA) is 27.7 Å². The molecule has 0 heterocycles. The van der Waals surface area contributed by atoms with Gasteiger partial charge in [-0.05, 0) is 48.6 Å². The minimum atomic E-state index is 0.267. The number of benzene rings is 1. The lowest BCUT2D eigenvalue weighted by atomic mass is 9.93. The van der Waals surface area contributed by atoms with Crippen LogP contribution >= 0.6 is 0 Å². The fourth-order valence-electron chi connectivity index (χ4n) is 2.35. The van der Waals surface area contributed by atoms with Crippen molar-refractivity contribution in [2.75, 3.05) is 20.8 Å². The number of terminal acetylenes is 1. The van der Waals surface area contributed by atoms with Gasteiger partial charge in [0.05, 0.1) is 13.2 Å². The molecule has 0 fully saturated rings. The van der Waals surface area contributed by atoms with Crippen LogP contribution < -0.4 is 4.74 Å². The highest BCUT2D eigenvalue weighted by Gasteiger charge is 2.17. The molecular weight excluding hydrogens is 240 g/mol. The van der Waals surface area contributed by atoms with Crippen LogP contribution in [0, 0.1) is 33.1 Å². The smallest absolute Gasteiger partial charge is 0.148 e. The van der Waals surface area contributed by atoms with Gasteiger partial charge in [-0.15, -0.1) is 6.42 Å². The summed E-state index contributed by atoms with van der Waals surface area (Å²) in [5.41, 5.74) is 5.67. The van der Waals surface area contributed by atoms with Gasteiger partial charge < -0.3 is 14.2 Å². The fourth-order valence-corrected chi connectivity index (χ4v) is 2.35. The minimum absolute atomic E-state index is 0.267. The summed E-state index contributed by atoms with van der Waals surface area (Å²) in [6.07, 6.45) is 5.28. The Morgan fingerprint density at radius 3 is 1.74 bits per heavy atom. The Labute approximate surface area is 115 Å². The third-order valence-electron chi connectivity index (χ3n) is 3.37. The van der Waals surface area contributed by atoms with Crippen molar-refractivity contribution >= 4 is 0 Å². The van der Waals surface area contributed by atoms with Crippen LogP contribution in [-0.4, -0.2) is 20.8 Å². The van der Waals surface area contributed by atoms with Gasteiger partial charge >= 0.3 is 0 Å². The standard InChI is InChI=1S/C16H22O3/c1-7-8-19-16-12(3)14(9-17-5)11(2)15(10-18-6)13(16)4/h1H,8-10H2,2-6H3. The molecule has 1 rings (SSSR count). The Morgan fingerprint density at radius 2 is 1.37 bits per heavy atom. The average molecular weight is 262 g/mol. The summed E-state index contributed by atoms with van der Waals surface area (Å²) in [7, 11) is 3.38. The molecule has 0 radical (unpaired) electrons. The summed E-state index contributed by atoms with van der Waals surface area (Å²) in [6, 6.07) is 0. The van der Waals surface area contributed by atoms with Crippen molar-refractivity contribution in [2.24, 2.45) is 0 Å². The molecule has 3 heteroatoms. The van der Waals surface area contributed by atoms with Crippen molar-refractivity contribution in [1.29, 1.82) is 0 Å². The lowest BCUT2D eigenvalue weighted by Gasteiger charge is -2.21. The lowest BCUT2D eigenvalue weighted by Crippen LogP contribution is -2.09. The Balaban J connectivity index is 3.40. The van der Waals surface area contributed by atoms with E-state index in [1.54, 1.807) is 14.2 Å². The number of ether oxygens (including phenoxy) is 3. The fraction of sp³-hybridized carbons (Fsp3) is 0.500. The Kier molecular flexibility index (Phi) is 5.88. The van der Waals surface area contributed by atoms with Crippen LogP contribution in [0.25, 0.3) is 0 Å². The molecule has 0 saturated carbocycles. The quantitative estimate of drug-likeness (QED) is 0.738. The van der Waals surface area contributed by atoms with E-state index in [0.29, 0.717) is 13.2 Å². The highest BCUT2D eigenvalue weighted by atomic mass is 16.5. The van der Waals surface area contributed by atoms with Gasteiger partial charge in [0.25, 0.3) is 0 Å². The molecule has 0 aromatic heterocycles. The van der Waals surface area contributed by atoms with Crippen LogP contribution in [0.15, 0.2) is 0 Å². The van der Waals surface area contributed by atoms with E-state index in [0.717, 1.165) is 28.0 Å². The second-order valence-corrected chi connectivity index (χ2v) is 4.52. The number of hydrogen-bond donors (Lipinski definition) is 0. The summed E-state index contributed by atoms with van der Waals surface area (Å²) in [6.45, 7) is 7.55. The molecule has 0 saturated heterocycles. The van der Waals surface area contributed by atoms with Crippen LogP contribution in [0.5, 0.6) is 5.75 Å². The van der Waals surface area contributed by atoms with Crippen molar-refractivity contribution in [3.8, 4) is 18.1 Å². The van der Waals surface area contributed by atoms with E-state index in [9.17, 15) is 0 Å². The highest BCUT2D eigenvalue weighted by molar-refractivity contribution is 5.54. The Morgan fingerprint density at radius 1 is 0.895 bits per heavy atom. The molecule has 1 aromatic rings. The van der Waals surface area contributed by atoms with Crippen LogP contribution in [0.3, 0.4) is 0 Å². The first-order valence-corrected chi connectivity index (χ1v) is 6.24. The zero-order valence-corrected chi connectivity index (χ0v) is 12.4. The molecule has 0 N–H and O–H groups in total. The zero-order chi connectivity index (χ0) is 14.4. The summed E-state index contributed by atoms with van der Waals surface area (Å²) < 4.78 is 16.3. The predicted octanol–water partition coefficient (Wildman–Crippen LogP) is 2.92. The van der Waals surface area contributed by atoms with E-state index in [2.05, 4.69) is 12.8 Å². The molecule has 0 aliphatic rings. The van der Waals surface area contributed by atoms with E-state index in [1.807, 2.05) is 13.8 Å². The maximum atomic E-state index is 5.70. The van der Waals surface area contributed by atoms with Crippen LogP contribution in [0.4, 0.5) is 0 Å².